The SMILES string of the molecule is CC(O)COc1cc(Cl)c(Cl)cc1N. The Morgan fingerprint density at radius 3 is 2.57 bits per heavy atom. The first kappa shape index (κ1) is 11.4. The lowest BCUT2D eigenvalue weighted by atomic mass is 10.3. The molecule has 0 aromatic heterocycles. The van der Waals surface area contributed by atoms with Crippen molar-refractivity contribution in [2.45, 2.75) is 13.0 Å². The number of halogens is 2. The molecule has 3 N–H and O–H groups in total. The first-order valence-corrected chi connectivity index (χ1v) is 4.81. The van der Waals surface area contributed by atoms with Crippen LogP contribution in [0.4, 0.5) is 5.69 Å². The molecule has 0 fully saturated rings. The van der Waals surface area contributed by atoms with Gasteiger partial charge in [0.2, 0.25) is 0 Å². The summed E-state index contributed by atoms with van der Waals surface area (Å²) in [5.41, 5.74) is 6.03. The summed E-state index contributed by atoms with van der Waals surface area (Å²) in [5.74, 6) is 0.431. The van der Waals surface area contributed by atoms with E-state index in [-0.39, 0.29) is 6.61 Å². The van der Waals surface area contributed by atoms with E-state index in [0.29, 0.717) is 21.5 Å². The fraction of sp³-hybridized carbons (Fsp3) is 0.333. The first-order valence-electron chi connectivity index (χ1n) is 4.06. The number of anilines is 1. The number of aliphatic hydroxyl groups excluding tert-OH is 1. The van der Waals surface area contributed by atoms with E-state index < -0.39 is 6.10 Å². The Bertz CT molecular complexity index is 329. The van der Waals surface area contributed by atoms with Crippen molar-refractivity contribution in [3.8, 4) is 5.75 Å². The molecule has 0 saturated carbocycles. The molecule has 0 aliphatic carbocycles. The Balaban J connectivity index is 2.82. The van der Waals surface area contributed by atoms with Gasteiger partial charge in [-0.1, -0.05) is 23.2 Å². The van der Waals surface area contributed by atoms with Gasteiger partial charge >= 0.3 is 0 Å². The van der Waals surface area contributed by atoms with Crippen molar-refractivity contribution in [1.82, 2.24) is 0 Å². The fourth-order valence-electron chi connectivity index (χ4n) is 0.879. The van der Waals surface area contributed by atoms with Gasteiger partial charge in [0.25, 0.3) is 0 Å². The van der Waals surface area contributed by atoms with Crippen LogP contribution in [0.5, 0.6) is 5.75 Å². The molecule has 0 radical (unpaired) electrons. The van der Waals surface area contributed by atoms with E-state index in [1.165, 1.54) is 12.1 Å². The summed E-state index contributed by atoms with van der Waals surface area (Å²) >= 11 is 11.5. The lowest BCUT2D eigenvalue weighted by Gasteiger charge is -2.11. The Labute approximate surface area is 92.4 Å². The molecule has 5 heteroatoms. The lowest BCUT2D eigenvalue weighted by Crippen LogP contribution is -2.13. The van der Waals surface area contributed by atoms with Crippen LogP contribution in [0.3, 0.4) is 0 Å². The molecule has 0 heterocycles. The van der Waals surface area contributed by atoms with Gasteiger partial charge in [-0.25, -0.2) is 0 Å². The molecule has 0 saturated heterocycles. The molecule has 78 valence electrons. The average molecular weight is 236 g/mol. The topological polar surface area (TPSA) is 55.5 Å². The zero-order valence-electron chi connectivity index (χ0n) is 7.63. The van der Waals surface area contributed by atoms with Crippen molar-refractivity contribution in [1.29, 1.82) is 0 Å². The molecule has 0 spiro atoms. The van der Waals surface area contributed by atoms with Gasteiger partial charge in [0.15, 0.2) is 0 Å². The monoisotopic (exact) mass is 235 g/mol. The van der Waals surface area contributed by atoms with E-state index in [1.807, 2.05) is 0 Å². The second-order valence-corrected chi connectivity index (χ2v) is 3.78. The third-order valence-electron chi connectivity index (χ3n) is 1.53. The lowest BCUT2D eigenvalue weighted by molar-refractivity contribution is 0.123. The van der Waals surface area contributed by atoms with E-state index in [2.05, 4.69) is 0 Å². The van der Waals surface area contributed by atoms with Gasteiger partial charge in [0, 0.05) is 6.07 Å². The highest BCUT2D eigenvalue weighted by Gasteiger charge is 2.06. The van der Waals surface area contributed by atoms with E-state index >= 15 is 0 Å². The largest absolute Gasteiger partial charge is 0.489 e. The summed E-state index contributed by atoms with van der Waals surface area (Å²) in [6.07, 6.45) is -0.552. The molecule has 1 unspecified atom stereocenters. The Kier molecular flexibility index (Phi) is 3.86. The smallest absolute Gasteiger partial charge is 0.143 e. The molecule has 0 bridgehead atoms. The molecule has 0 amide bonds. The zero-order chi connectivity index (χ0) is 10.7. The minimum absolute atomic E-state index is 0.169. The highest BCUT2D eigenvalue weighted by molar-refractivity contribution is 6.42. The van der Waals surface area contributed by atoms with Gasteiger partial charge in [-0.05, 0) is 13.0 Å². The minimum atomic E-state index is -0.552. The van der Waals surface area contributed by atoms with E-state index in [4.69, 9.17) is 38.8 Å². The molecule has 3 nitrogen and oxygen atoms in total. The molecule has 0 aliphatic heterocycles. The van der Waals surface area contributed by atoms with Gasteiger partial charge in [-0.15, -0.1) is 0 Å². The number of ether oxygens (including phenoxy) is 1. The first-order chi connectivity index (χ1) is 6.50. The highest BCUT2D eigenvalue weighted by Crippen LogP contribution is 2.32. The van der Waals surface area contributed by atoms with Gasteiger partial charge in [0.05, 0.1) is 21.8 Å². The van der Waals surface area contributed by atoms with Crippen LogP contribution in [0.1, 0.15) is 6.92 Å². The number of hydrogen-bond acceptors (Lipinski definition) is 3. The molecule has 1 atom stereocenters. The van der Waals surface area contributed by atoms with Crippen LogP contribution in [-0.2, 0) is 0 Å². The van der Waals surface area contributed by atoms with Crippen molar-refractivity contribution in [3.63, 3.8) is 0 Å². The van der Waals surface area contributed by atoms with Crippen molar-refractivity contribution >= 4 is 28.9 Å². The van der Waals surface area contributed by atoms with E-state index in [9.17, 15) is 0 Å². The van der Waals surface area contributed by atoms with Crippen LogP contribution in [0.2, 0.25) is 10.0 Å². The van der Waals surface area contributed by atoms with Crippen molar-refractivity contribution in [2.24, 2.45) is 0 Å². The zero-order valence-corrected chi connectivity index (χ0v) is 9.14. The molecule has 14 heavy (non-hydrogen) atoms. The predicted molar refractivity (Wildman–Crippen MR) is 58.1 cm³/mol. The Morgan fingerprint density at radius 1 is 1.43 bits per heavy atom. The summed E-state index contributed by atoms with van der Waals surface area (Å²) in [5, 5.41) is 9.76. The van der Waals surface area contributed by atoms with Crippen molar-refractivity contribution in [3.05, 3.63) is 22.2 Å². The third kappa shape index (κ3) is 2.94. The molecular weight excluding hydrogens is 225 g/mol. The van der Waals surface area contributed by atoms with Crippen molar-refractivity contribution < 1.29 is 9.84 Å². The Morgan fingerprint density at radius 2 is 2.00 bits per heavy atom. The highest BCUT2D eigenvalue weighted by atomic mass is 35.5. The maximum atomic E-state index is 9.00. The number of hydrogen-bond donors (Lipinski definition) is 2. The number of benzene rings is 1. The minimum Gasteiger partial charge on any atom is -0.489 e. The molecule has 1 aromatic carbocycles. The van der Waals surface area contributed by atoms with E-state index in [1.54, 1.807) is 6.92 Å². The number of aliphatic hydroxyl groups is 1. The van der Waals surface area contributed by atoms with Gasteiger partial charge in [-0.2, -0.15) is 0 Å². The van der Waals surface area contributed by atoms with E-state index in [0.717, 1.165) is 0 Å². The van der Waals surface area contributed by atoms with Gasteiger partial charge in [0.1, 0.15) is 12.4 Å². The quantitative estimate of drug-likeness (QED) is 0.792. The number of rotatable bonds is 3. The van der Waals surface area contributed by atoms with Gasteiger partial charge < -0.3 is 15.6 Å². The maximum Gasteiger partial charge on any atom is 0.143 e. The summed E-state index contributed by atoms with van der Waals surface area (Å²) in [4.78, 5) is 0. The number of nitrogens with two attached hydrogens (primary N) is 1. The van der Waals surface area contributed by atoms with Crippen LogP contribution >= 0.6 is 23.2 Å². The third-order valence-corrected chi connectivity index (χ3v) is 2.25. The average Bonchev–Trinajstić information content (AvgIpc) is 2.09. The van der Waals surface area contributed by atoms with Crippen LogP contribution in [0.25, 0.3) is 0 Å². The standard InChI is InChI=1S/C9H11Cl2NO2/c1-5(13)4-14-9-3-7(11)6(10)2-8(9)12/h2-3,5,13H,4,12H2,1H3. The van der Waals surface area contributed by atoms with Crippen LogP contribution in [0, 0.1) is 0 Å². The summed E-state index contributed by atoms with van der Waals surface area (Å²) in [7, 11) is 0. The van der Waals surface area contributed by atoms with Crippen molar-refractivity contribution in [2.75, 3.05) is 12.3 Å². The van der Waals surface area contributed by atoms with Gasteiger partial charge in [-0.3, -0.25) is 0 Å². The Hall–Kier alpha value is -0.640. The molecule has 1 aromatic rings. The maximum absolute atomic E-state index is 9.00. The number of nitrogen functional groups attached to an aromatic ring is 1. The second-order valence-electron chi connectivity index (χ2n) is 2.96. The predicted octanol–water partition coefficient (Wildman–Crippen LogP) is 2.34. The fourth-order valence-corrected chi connectivity index (χ4v) is 1.21. The van der Waals surface area contributed by atoms with Crippen LogP contribution in [0.15, 0.2) is 12.1 Å². The summed E-state index contributed by atoms with van der Waals surface area (Å²) in [6.45, 7) is 1.79. The summed E-state index contributed by atoms with van der Waals surface area (Å²) in [6, 6.07) is 3.04. The molecular formula is C9H11Cl2NO2. The molecule has 0 aliphatic rings. The normalized spacial score (nSPS) is 12.6. The van der Waals surface area contributed by atoms with Crippen LogP contribution < -0.4 is 10.5 Å². The second kappa shape index (κ2) is 4.73. The molecule has 1 rings (SSSR count). The summed E-state index contributed by atoms with van der Waals surface area (Å²) < 4.78 is 5.22. The van der Waals surface area contributed by atoms with Crippen LogP contribution in [-0.4, -0.2) is 17.8 Å².